The SMILES string of the molecule is NC(Cc1ccc(O)cc1)C(=O)NC(Cc1ccccc1)C(=O)NC(CC(=O)O)C(=O)NC(Cc1cnc[nH]1)C(=O)O. The van der Waals surface area contributed by atoms with Crippen molar-refractivity contribution >= 4 is 29.7 Å². The summed E-state index contributed by atoms with van der Waals surface area (Å²) in [7, 11) is 0. The normalized spacial score (nSPS) is 13.6. The first-order valence-corrected chi connectivity index (χ1v) is 12.9. The first kappa shape index (κ1) is 31.3. The van der Waals surface area contributed by atoms with Crippen LogP contribution in [0.5, 0.6) is 5.75 Å². The van der Waals surface area contributed by atoms with Gasteiger partial charge in [-0.25, -0.2) is 9.78 Å². The monoisotopic (exact) mass is 580 g/mol. The minimum atomic E-state index is -1.65. The van der Waals surface area contributed by atoms with Crippen molar-refractivity contribution in [1.29, 1.82) is 0 Å². The van der Waals surface area contributed by atoms with E-state index in [9.17, 15) is 39.3 Å². The molecule has 0 saturated heterocycles. The molecule has 3 aromatic rings. The molecule has 1 heterocycles. The van der Waals surface area contributed by atoms with Crippen LogP contribution >= 0.6 is 0 Å². The Bertz CT molecular complexity index is 1360. The molecule has 3 amide bonds. The Kier molecular flexibility index (Phi) is 11.1. The Morgan fingerprint density at radius 3 is 1.95 bits per heavy atom. The van der Waals surface area contributed by atoms with E-state index in [1.54, 1.807) is 42.5 Å². The van der Waals surface area contributed by atoms with Crippen LogP contribution < -0.4 is 21.7 Å². The predicted octanol–water partition coefficient (Wildman–Crippen LogP) is -0.516. The third-order valence-electron chi connectivity index (χ3n) is 6.25. The number of hydrogen-bond donors (Lipinski definition) is 8. The summed E-state index contributed by atoms with van der Waals surface area (Å²) in [5.41, 5.74) is 7.81. The molecule has 3 rings (SSSR count). The molecule has 14 nitrogen and oxygen atoms in total. The summed E-state index contributed by atoms with van der Waals surface area (Å²) in [6.07, 6.45) is 1.79. The topological polar surface area (TPSA) is 237 Å². The highest BCUT2D eigenvalue weighted by Crippen LogP contribution is 2.12. The zero-order chi connectivity index (χ0) is 30.6. The molecule has 2 aromatic carbocycles. The highest BCUT2D eigenvalue weighted by Gasteiger charge is 2.32. The van der Waals surface area contributed by atoms with Crippen LogP contribution in [0.2, 0.25) is 0 Å². The van der Waals surface area contributed by atoms with E-state index in [0.717, 1.165) is 0 Å². The lowest BCUT2D eigenvalue weighted by Crippen LogP contribution is -2.58. The van der Waals surface area contributed by atoms with E-state index in [1.165, 1.54) is 24.7 Å². The number of aromatic amines is 1. The average Bonchev–Trinajstić information content (AvgIpc) is 3.46. The fraction of sp³-hybridized carbons (Fsp3) is 0.286. The number of aromatic hydroxyl groups is 1. The van der Waals surface area contributed by atoms with Crippen molar-refractivity contribution in [3.8, 4) is 5.75 Å². The predicted molar refractivity (Wildman–Crippen MR) is 148 cm³/mol. The van der Waals surface area contributed by atoms with Crippen molar-refractivity contribution < 1.29 is 39.3 Å². The van der Waals surface area contributed by atoms with Crippen LogP contribution in [0.25, 0.3) is 0 Å². The number of hydrogen-bond acceptors (Lipinski definition) is 8. The number of carboxylic acid groups (broad SMARTS) is 2. The van der Waals surface area contributed by atoms with E-state index in [4.69, 9.17) is 5.73 Å². The van der Waals surface area contributed by atoms with E-state index in [0.29, 0.717) is 16.8 Å². The van der Waals surface area contributed by atoms with Gasteiger partial charge in [-0.05, 0) is 29.7 Å². The lowest BCUT2D eigenvalue weighted by Gasteiger charge is -2.24. The van der Waals surface area contributed by atoms with Crippen LogP contribution in [-0.4, -0.2) is 79.1 Å². The van der Waals surface area contributed by atoms with Crippen LogP contribution in [0.1, 0.15) is 23.2 Å². The molecule has 42 heavy (non-hydrogen) atoms. The van der Waals surface area contributed by atoms with E-state index < -0.39 is 60.2 Å². The van der Waals surface area contributed by atoms with Gasteiger partial charge in [-0.1, -0.05) is 42.5 Å². The van der Waals surface area contributed by atoms with E-state index in [-0.39, 0.29) is 25.0 Å². The highest BCUT2D eigenvalue weighted by molar-refractivity contribution is 5.95. The maximum absolute atomic E-state index is 13.4. The second-order valence-corrected chi connectivity index (χ2v) is 9.57. The molecule has 0 aliphatic heterocycles. The van der Waals surface area contributed by atoms with Gasteiger partial charge in [0.2, 0.25) is 17.7 Å². The number of nitrogens with two attached hydrogens (primary N) is 1. The number of aliphatic carboxylic acids is 2. The second kappa shape index (κ2) is 14.9. The molecule has 4 unspecified atom stereocenters. The molecule has 0 aliphatic rings. The fourth-order valence-electron chi connectivity index (χ4n) is 4.06. The maximum atomic E-state index is 13.4. The quantitative estimate of drug-likeness (QED) is 0.114. The number of imidazole rings is 1. The van der Waals surface area contributed by atoms with Crippen molar-refractivity contribution in [2.75, 3.05) is 0 Å². The lowest BCUT2D eigenvalue weighted by molar-refractivity contribution is -0.143. The summed E-state index contributed by atoms with van der Waals surface area (Å²) in [5, 5.41) is 35.6. The van der Waals surface area contributed by atoms with E-state index >= 15 is 0 Å². The Morgan fingerprint density at radius 1 is 0.762 bits per heavy atom. The van der Waals surface area contributed by atoms with Gasteiger partial charge in [-0.2, -0.15) is 0 Å². The molecule has 4 atom stereocenters. The van der Waals surface area contributed by atoms with Crippen LogP contribution in [-0.2, 0) is 43.2 Å². The van der Waals surface area contributed by atoms with Crippen LogP contribution in [0, 0.1) is 0 Å². The summed E-state index contributed by atoms with van der Waals surface area (Å²) in [5.74, 6) is -5.33. The second-order valence-electron chi connectivity index (χ2n) is 9.57. The number of phenolic OH excluding ortho intramolecular Hbond substituents is 1. The number of amides is 3. The van der Waals surface area contributed by atoms with Crippen LogP contribution in [0.4, 0.5) is 0 Å². The number of phenols is 1. The van der Waals surface area contributed by atoms with Gasteiger partial charge in [-0.3, -0.25) is 19.2 Å². The van der Waals surface area contributed by atoms with Crippen molar-refractivity contribution in [2.45, 2.75) is 49.9 Å². The molecule has 14 heteroatoms. The van der Waals surface area contributed by atoms with Gasteiger partial charge in [0.15, 0.2) is 0 Å². The zero-order valence-electron chi connectivity index (χ0n) is 22.4. The van der Waals surface area contributed by atoms with Gasteiger partial charge >= 0.3 is 11.9 Å². The molecule has 0 aliphatic carbocycles. The van der Waals surface area contributed by atoms with Crippen molar-refractivity contribution in [1.82, 2.24) is 25.9 Å². The number of rotatable bonds is 15. The van der Waals surface area contributed by atoms with Gasteiger partial charge in [0.25, 0.3) is 0 Å². The lowest BCUT2D eigenvalue weighted by atomic mass is 10.0. The minimum Gasteiger partial charge on any atom is -0.508 e. The van der Waals surface area contributed by atoms with Crippen molar-refractivity contribution in [3.05, 3.63) is 83.9 Å². The summed E-state index contributed by atoms with van der Waals surface area (Å²) < 4.78 is 0. The van der Waals surface area contributed by atoms with Crippen LogP contribution in [0.3, 0.4) is 0 Å². The van der Waals surface area contributed by atoms with Crippen molar-refractivity contribution in [3.63, 3.8) is 0 Å². The third-order valence-corrected chi connectivity index (χ3v) is 6.25. The molecule has 9 N–H and O–H groups in total. The Hall–Kier alpha value is -5.24. The van der Waals surface area contributed by atoms with E-state index in [1.807, 2.05) is 0 Å². The number of H-pyrrole nitrogens is 1. The molecular formula is C28H32N6O8. The number of carbonyl (C=O) groups is 5. The first-order chi connectivity index (χ1) is 20.0. The number of nitrogens with zero attached hydrogens (tertiary/aromatic N) is 1. The first-order valence-electron chi connectivity index (χ1n) is 12.9. The summed E-state index contributed by atoms with van der Waals surface area (Å²) in [6.45, 7) is 0. The standard InChI is InChI=1S/C28H32N6O8/c29-20(10-17-6-8-19(35)9-7-17)25(38)32-21(11-16-4-2-1-3-5-16)26(39)33-22(13-24(36)37)27(40)34-23(28(41)42)12-18-14-30-15-31-18/h1-9,14-15,20-23,35H,10-13,29H2,(H,30,31)(H,32,38)(H,33,39)(H,34,40)(H,36,37)(H,41,42). The summed E-state index contributed by atoms with van der Waals surface area (Å²) >= 11 is 0. The number of carboxylic acids is 2. The van der Waals surface area contributed by atoms with E-state index in [2.05, 4.69) is 25.9 Å². The number of aromatic nitrogens is 2. The molecule has 0 radical (unpaired) electrons. The summed E-state index contributed by atoms with van der Waals surface area (Å²) in [6, 6.07) is 9.34. The van der Waals surface area contributed by atoms with Gasteiger partial charge in [0.1, 0.15) is 23.9 Å². The number of nitrogens with one attached hydrogen (secondary N) is 4. The molecule has 222 valence electrons. The van der Waals surface area contributed by atoms with Crippen molar-refractivity contribution in [2.24, 2.45) is 5.73 Å². The fourth-order valence-corrected chi connectivity index (χ4v) is 4.06. The Morgan fingerprint density at radius 2 is 1.36 bits per heavy atom. The smallest absolute Gasteiger partial charge is 0.326 e. The van der Waals surface area contributed by atoms with Gasteiger partial charge < -0.3 is 42.0 Å². The van der Waals surface area contributed by atoms with Gasteiger partial charge in [-0.15, -0.1) is 0 Å². The molecule has 0 spiro atoms. The Labute approximate surface area is 240 Å². The molecule has 0 bridgehead atoms. The number of carbonyl (C=O) groups excluding carboxylic acids is 3. The molecule has 0 saturated carbocycles. The largest absolute Gasteiger partial charge is 0.508 e. The molecule has 0 fully saturated rings. The maximum Gasteiger partial charge on any atom is 0.326 e. The molecule has 1 aromatic heterocycles. The summed E-state index contributed by atoms with van der Waals surface area (Å²) in [4.78, 5) is 69.1. The third kappa shape index (κ3) is 9.75. The average molecular weight is 581 g/mol. The van der Waals surface area contributed by atoms with Gasteiger partial charge in [0, 0.05) is 24.7 Å². The van der Waals surface area contributed by atoms with Crippen LogP contribution in [0.15, 0.2) is 67.1 Å². The zero-order valence-corrected chi connectivity index (χ0v) is 22.4. The minimum absolute atomic E-state index is 0.0106. The molecular weight excluding hydrogens is 548 g/mol. The highest BCUT2D eigenvalue weighted by atomic mass is 16.4. The van der Waals surface area contributed by atoms with Gasteiger partial charge in [0.05, 0.1) is 18.8 Å². The Balaban J connectivity index is 1.75. The number of benzene rings is 2.